The lowest BCUT2D eigenvalue weighted by atomic mass is 10.1. The first-order chi connectivity index (χ1) is 9.29. The number of imidazole rings is 1. The lowest BCUT2D eigenvalue weighted by Crippen LogP contribution is -2.30. The highest BCUT2D eigenvalue weighted by atomic mass is 35.5. The van der Waals surface area contributed by atoms with Crippen molar-refractivity contribution in [2.24, 2.45) is 0 Å². The van der Waals surface area contributed by atoms with Gasteiger partial charge < -0.3 is 4.57 Å². The van der Waals surface area contributed by atoms with E-state index in [1.54, 1.807) is 11.3 Å². The van der Waals surface area contributed by atoms with E-state index in [9.17, 15) is 0 Å². The van der Waals surface area contributed by atoms with Crippen molar-refractivity contribution in [1.29, 1.82) is 0 Å². The van der Waals surface area contributed by atoms with E-state index in [-0.39, 0.29) is 0 Å². The van der Waals surface area contributed by atoms with Crippen molar-refractivity contribution >= 4 is 22.9 Å². The molecule has 5 heteroatoms. The van der Waals surface area contributed by atoms with Gasteiger partial charge in [-0.25, -0.2) is 4.98 Å². The van der Waals surface area contributed by atoms with Crippen LogP contribution in [0.3, 0.4) is 0 Å². The molecule has 19 heavy (non-hydrogen) atoms. The molecule has 1 aliphatic carbocycles. The fourth-order valence-electron chi connectivity index (χ4n) is 2.84. The molecule has 0 unspecified atom stereocenters. The molecule has 0 amide bonds. The zero-order chi connectivity index (χ0) is 12.8. The Balaban J connectivity index is 1.49. The van der Waals surface area contributed by atoms with Gasteiger partial charge in [0, 0.05) is 42.7 Å². The van der Waals surface area contributed by atoms with E-state index in [0.29, 0.717) is 0 Å². The van der Waals surface area contributed by atoms with Gasteiger partial charge >= 0.3 is 0 Å². The molecular weight excluding hydrogens is 278 g/mol. The summed E-state index contributed by atoms with van der Waals surface area (Å²) < 4.78 is 3.29. The molecule has 0 spiro atoms. The summed E-state index contributed by atoms with van der Waals surface area (Å²) in [6, 6.07) is 4.86. The molecule has 2 aromatic rings. The van der Waals surface area contributed by atoms with E-state index in [4.69, 9.17) is 11.6 Å². The predicted octanol–water partition coefficient (Wildman–Crippen LogP) is 3.49. The summed E-state index contributed by atoms with van der Waals surface area (Å²) in [5.74, 6) is 0. The van der Waals surface area contributed by atoms with Crippen molar-refractivity contribution in [2.45, 2.75) is 38.4 Å². The first-order valence-electron chi connectivity index (χ1n) is 6.81. The van der Waals surface area contributed by atoms with Crippen LogP contribution in [0.2, 0.25) is 4.34 Å². The molecule has 100 valence electrons. The molecular formula is C14H16ClN3S. The first kappa shape index (κ1) is 11.9. The van der Waals surface area contributed by atoms with Crippen LogP contribution in [-0.2, 0) is 19.5 Å². The maximum Gasteiger partial charge on any atom is 0.0954 e. The minimum Gasteiger partial charge on any atom is -0.331 e. The molecule has 0 N–H and O–H groups in total. The molecule has 0 radical (unpaired) electrons. The molecule has 1 fully saturated rings. The highest BCUT2D eigenvalue weighted by Gasteiger charge is 2.29. The summed E-state index contributed by atoms with van der Waals surface area (Å²) in [7, 11) is 0. The fourth-order valence-corrected chi connectivity index (χ4v) is 3.97. The van der Waals surface area contributed by atoms with Crippen LogP contribution in [0.5, 0.6) is 0 Å². The van der Waals surface area contributed by atoms with E-state index in [2.05, 4.69) is 20.5 Å². The minimum absolute atomic E-state index is 0.749. The summed E-state index contributed by atoms with van der Waals surface area (Å²) in [6.45, 7) is 3.10. The number of fused-ring (bicyclic) bond motifs is 1. The average molecular weight is 294 g/mol. The lowest BCUT2D eigenvalue weighted by Gasteiger charge is -2.26. The second-order valence-corrected chi connectivity index (χ2v) is 7.24. The molecule has 0 saturated heterocycles. The smallest absolute Gasteiger partial charge is 0.0954 e. The van der Waals surface area contributed by atoms with E-state index in [1.165, 1.54) is 29.1 Å². The summed E-state index contributed by atoms with van der Waals surface area (Å²) in [6.07, 6.45) is 5.85. The Hall–Kier alpha value is -0.840. The van der Waals surface area contributed by atoms with Gasteiger partial charge in [-0.05, 0) is 25.0 Å². The van der Waals surface area contributed by atoms with Crippen LogP contribution in [0.1, 0.15) is 35.1 Å². The standard InChI is InChI=1S/C14H16ClN3S/c15-14-4-3-11(19-14)7-17-6-5-13-12(8-17)16-9-18(13)10-1-2-10/h3-4,9-10H,1-2,5-8H2. The Kier molecular flexibility index (Phi) is 2.90. The number of halogens is 1. The third-order valence-corrected chi connectivity index (χ3v) is 5.19. The van der Waals surface area contributed by atoms with Gasteiger partial charge in [0.2, 0.25) is 0 Å². The minimum atomic E-state index is 0.749. The van der Waals surface area contributed by atoms with Crippen LogP contribution >= 0.6 is 22.9 Å². The molecule has 0 atom stereocenters. The first-order valence-corrected chi connectivity index (χ1v) is 8.00. The van der Waals surface area contributed by atoms with Crippen LogP contribution in [-0.4, -0.2) is 21.0 Å². The van der Waals surface area contributed by atoms with Gasteiger partial charge in [0.15, 0.2) is 0 Å². The lowest BCUT2D eigenvalue weighted by molar-refractivity contribution is 0.241. The monoisotopic (exact) mass is 293 g/mol. The highest BCUT2D eigenvalue weighted by Crippen LogP contribution is 2.37. The Bertz CT molecular complexity index is 600. The van der Waals surface area contributed by atoms with Gasteiger partial charge in [-0.2, -0.15) is 0 Å². The van der Waals surface area contributed by atoms with Gasteiger partial charge in [0.05, 0.1) is 16.4 Å². The summed E-state index contributed by atoms with van der Waals surface area (Å²) in [5.41, 5.74) is 2.75. The Morgan fingerprint density at radius 1 is 1.37 bits per heavy atom. The predicted molar refractivity (Wildman–Crippen MR) is 77.6 cm³/mol. The third-order valence-electron chi connectivity index (χ3n) is 3.97. The Morgan fingerprint density at radius 3 is 3.00 bits per heavy atom. The van der Waals surface area contributed by atoms with Gasteiger partial charge in [-0.3, -0.25) is 4.90 Å². The summed E-state index contributed by atoms with van der Waals surface area (Å²) >= 11 is 7.67. The van der Waals surface area contributed by atoms with Crippen LogP contribution in [0, 0.1) is 0 Å². The Labute approximate surface area is 121 Å². The molecule has 1 aliphatic heterocycles. The largest absolute Gasteiger partial charge is 0.331 e. The molecule has 0 aromatic carbocycles. The second-order valence-electron chi connectivity index (χ2n) is 5.44. The van der Waals surface area contributed by atoms with Crippen LogP contribution in [0.25, 0.3) is 0 Å². The van der Waals surface area contributed by atoms with Crippen molar-refractivity contribution in [3.05, 3.63) is 39.1 Å². The zero-order valence-corrected chi connectivity index (χ0v) is 12.3. The van der Waals surface area contributed by atoms with Gasteiger partial charge in [0.1, 0.15) is 0 Å². The fraction of sp³-hybridized carbons (Fsp3) is 0.500. The van der Waals surface area contributed by atoms with E-state index < -0.39 is 0 Å². The second kappa shape index (κ2) is 4.62. The number of hydrogen-bond donors (Lipinski definition) is 0. The average Bonchev–Trinajstić information content (AvgIpc) is 3.04. The summed E-state index contributed by atoms with van der Waals surface area (Å²) in [5, 5.41) is 0. The van der Waals surface area contributed by atoms with Crippen molar-refractivity contribution in [3.8, 4) is 0 Å². The molecule has 0 bridgehead atoms. The van der Waals surface area contributed by atoms with Crippen LogP contribution < -0.4 is 0 Å². The van der Waals surface area contributed by atoms with Crippen molar-refractivity contribution in [2.75, 3.05) is 6.54 Å². The van der Waals surface area contributed by atoms with Gasteiger partial charge in [-0.1, -0.05) is 11.6 Å². The molecule has 3 nitrogen and oxygen atoms in total. The Morgan fingerprint density at radius 2 is 2.26 bits per heavy atom. The highest BCUT2D eigenvalue weighted by molar-refractivity contribution is 7.16. The molecule has 2 aliphatic rings. The number of thiophene rings is 1. The van der Waals surface area contributed by atoms with Crippen molar-refractivity contribution < 1.29 is 0 Å². The number of rotatable bonds is 3. The van der Waals surface area contributed by atoms with E-state index in [1.807, 2.05) is 12.4 Å². The molecule has 4 rings (SSSR count). The molecule has 3 heterocycles. The number of nitrogens with zero attached hydrogens (tertiary/aromatic N) is 3. The molecule has 2 aromatic heterocycles. The number of aromatic nitrogens is 2. The van der Waals surface area contributed by atoms with Gasteiger partial charge in [-0.15, -0.1) is 11.3 Å². The van der Waals surface area contributed by atoms with Crippen LogP contribution in [0.15, 0.2) is 18.5 Å². The number of hydrogen-bond acceptors (Lipinski definition) is 3. The van der Waals surface area contributed by atoms with Gasteiger partial charge in [0.25, 0.3) is 0 Å². The third kappa shape index (κ3) is 2.33. The van der Waals surface area contributed by atoms with Crippen LogP contribution in [0.4, 0.5) is 0 Å². The zero-order valence-electron chi connectivity index (χ0n) is 10.7. The normalized spacial score (nSPS) is 19.6. The maximum atomic E-state index is 5.99. The van der Waals surface area contributed by atoms with E-state index >= 15 is 0 Å². The van der Waals surface area contributed by atoms with Crippen molar-refractivity contribution in [1.82, 2.24) is 14.5 Å². The quantitative estimate of drug-likeness (QED) is 0.864. The maximum absolute atomic E-state index is 5.99. The topological polar surface area (TPSA) is 21.1 Å². The summed E-state index contributed by atoms with van der Waals surface area (Å²) in [4.78, 5) is 8.42. The SMILES string of the molecule is Clc1ccc(CN2CCc3c(ncn3C3CC3)C2)s1. The molecule has 1 saturated carbocycles. The van der Waals surface area contributed by atoms with E-state index in [0.717, 1.165) is 36.4 Å². The van der Waals surface area contributed by atoms with Crippen molar-refractivity contribution in [3.63, 3.8) is 0 Å².